The lowest BCUT2D eigenvalue weighted by atomic mass is 9.87. The molecule has 194 valence electrons. The normalized spacial score (nSPS) is 14.9. The first kappa shape index (κ1) is 26.0. The van der Waals surface area contributed by atoms with Gasteiger partial charge < -0.3 is 5.32 Å². The third-order valence-corrected chi connectivity index (χ3v) is 9.00. The summed E-state index contributed by atoms with van der Waals surface area (Å²) in [6.07, 6.45) is 2.98. The van der Waals surface area contributed by atoms with Gasteiger partial charge in [0.2, 0.25) is 0 Å². The van der Waals surface area contributed by atoms with Gasteiger partial charge >= 0.3 is 0 Å². The quantitative estimate of drug-likeness (QED) is 0.276. The first-order valence-electron chi connectivity index (χ1n) is 12.6. The number of nitrogens with zero attached hydrogens (tertiary/aromatic N) is 1. The minimum Gasteiger partial charge on any atom is -0.345 e. The number of hydrogen-bond acceptors (Lipinski definition) is 3. The predicted molar refractivity (Wildman–Crippen MR) is 152 cm³/mol. The molecule has 5 nitrogen and oxygen atoms in total. The molecule has 4 aromatic carbocycles. The van der Waals surface area contributed by atoms with Crippen molar-refractivity contribution in [3.05, 3.63) is 130 Å². The molecule has 0 aliphatic heterocycles. The summed E-state index contributed by atoms with van der Waals surface area (Å²) >= 11 is 6.26. The van der Waals surface area contributed by atoms with E-state index in [0.29, 0.717) is 16.3 Å². The van der Waals surface area contributed by atoms with E-state index in [9.17, 15) is 13.2 Å². The zero-order valence-electron chi connectivity index (χ0n) is 21.1. The van der Waals surface area contributed by atoms with Gasteiger partial charge in [0.05, 0.1) is 23.2 Å². The number of rotatable bonds is 7. The molecule has 0 bridgehead atoms. The Hall–Kier alpha value is -3.61. The van der Waals surface area contributed by atoms with Crippen molar-refractivity contribution in [3.8, 4) is 0 Å². The Morgan fingerprint density at radius 1 is 0.947 bits per heavy atom. The highest BCUT2D eigenvalue weighted by Crippen LogP contribution is 2.32. The molecule has 7 heteroatoms. The summed E-state index contributed by atoms with van der Waals surface area (Å²) in [5.41, 5.74) is 5.06. The molecule has 0 spiro atoms. The van der Waals surface area contributed by atoms with Crippen LogP contribution in [0, 0.1) is 6.92 Å². The maximum atomic E-state index is 13.7. The fourth-order valence-corrected chi connectivity index (χ4v) is 6.64. The minimum absolute atomic E-state index is 0.00978. The second-order valence-corrected chi connectivity index (χ2v) is 11.9. The molecule has 1 aliphatic rings. The highest BCUT2D eigenvalue weighted by Gasteiger charge is 2.27. The van der Waals surface area contributed by atoms with E-state index in [2.05, 4.69) is 17.4 Å². The zero-order valence-corrected chi connectivity index (χ0v) is 22.7. The largest absolute Gasteiger partial charge is 0.345 e. The van der Waals surface area contributed by atoms with Crippen LogP contribution in [0.15, 0.2) is 102 Å². The summed E-state index contributed by atoms with van der Waals surface area (Å²) in [5.74, 6) is -0.141. The van der Waals surface area contributed by atoms with E-state index in [0.717, 1.165) is 30.4 Å². The van der Waals surface area contributed by atoms with Crippen molar-refractivity contribution in [1.29, 1.82) is 0 Å². The summed E-state index contributed by atoms with van der Waals surface area (Å²) in [4.78, 5) is 13.3. The number of halogens is 1. The van der Waals surface area contributed by atoms with Gasteiger partial charge in [0.1, 0.15) is 0 Å². The van der Waals surface area contributed by atoms with Crippen LogP contribution in [-0.4, -0.2) is 14.3 Å². The molecule has 5 rings (SSSR count). The highest BCUT2D eigenvalue weighted by molar-refractivity contribution is 7.92. The van der Waals surface area contributed by atoms with Crippen LogP contribution in [0.1, 0.15) is 51.5 Å². The van der Waals surface area contributed by atoms with E-state index >= 15 is 0 Å². The van der Waals surface area contributed by atoms with E-state index in [4.69, 9.17) is 11.6 Å². The van der Waals surface area contributed by atoms with Gasteiger partial charge in [-0.15, -0.1) is 0 Å². The number of carbonyl (C=O) groups is 1. The molecular formula is C31H29ClN2O3S. The summed E-state index contributed by atoms with van der Waals surface area (Å²) in [6, 6.07) is 28.9. The molecule has 0 unspecified atom stereocenters. The van der Waals surface area contributed by atoms with Crippen molar-refractivity contribution in [3.63, 3.8) is 0 Å². The molecule has 38 heavy (non-hydrogen) atoms. The van der Waals surface area contributed by atoms with Crippen LogP contribution in [0.4, 0.5) is 5.69 Å². The molecule has 0 heterocycles. The Labute approximate surface area is 229 Å². The number of carbonyl (C=O) groups excluding carboxylic acids is 1. The lowest BCUT2D eigenvalue weighted by Gasteiger charge is -2.27. The van der Waals surface area contributed by atoms with Gasteiger partial charge in [0.15, 0.2) is 0 Å². The summed E-state index contributed by atoms with van der Waals surface area (Å²) in [7, 11) is -3.87. The van der Waals surface area contributed by atoms with Crippen LogP contribution in [0.2, 0.25) is 5.02 Å². The van der Waals surface area contributed by atoms with Gasteiger partial charge in [-0.3, -0.25) is 9.10 Å². The van der Waals surface area contributed by atoms with E-state index in [1.807, 2.05) is 25.1 Å². The minimum atomic E-state index is -3.87. The number of nitrogens with one attached hydrogen (secondary N) is 1. The molecule has 0 saturated carbocycles. The Morgan fingerprint density at radius 3 is 2.42 bits per heavy atom. The van der Waals surface area contributed by atoms with Crippen molar-refractivity contribution >= 4 is 33.2 Å². The molecule has 1 aliphatic carbocycles. The summed E-state index contributed by atoms with van der Waals surface area (Å²) in [5, 5.41) is 3.63. The Kier molecular flexibility index (Phi) is 7.54. The number of benzene rings is 4. The van der Waals surface area contributed by atoms with E-state index < -0.39 is 10.0 Å². The maximum Gasteiger partial charge on any atom is 0.264 e. The third-order valence-electron chi connectivity index (χ3n) is 6.99. The van der Waals surface area contributed by atoms with E-state index in [1.165, 1.54) is 15.4 Å². The molecule has 1 amide bonds. The van der Waals surface area contributed by atoms with Crippen LogP contribution < -0.4 is 9.62 Å². The number of fused-ring (bicyclic) bond motifs is 1. The van der Waals surface area contributed by atoms with Crippen molar-refractivity contribution in [2.75, 3.05) is 4.31 Å². The van der Waals surface area contributed by atoms with Crippen LogP contribution in [0.3, 0.4) is 0 Å². The molecule has 0 aromatic heterocycles. The van der Waals surface area contributed by atoms with Crippen LogP contribution >= 0.6 is 11.6 Å². The number of sulfonamides is 1. The molecule has 0 fully saturated rings. The second kappa shape index (κ2) is 11.0. The Bertz CT molecular complexity index is 1550. The topological polar surface area (TPSA) is 66.5 Å². The number of amides is 1. The van der Waals surface area contributed by atoms with Crippen molar-refractivity contribution in [1.82, 2.24) is 5.32 Å². The van der Waals surface area contributed by atoms with Crippen LogP contribution in [0.25, 0.3) is 0 Å². The second-order valence-electron chi connectivity index (χ2n) is 9.57. The number of anilines is 1. The summed E-state index contributed by atoms with van der Waals surface area (Å²) in [6.45, 7) is 1.95. The van der Waals surface area contributed by atoms with Gasteiger partial charge in [-0.05, 0) is 84.8 Å². The van der Waals surface area contributed by atoms with Gasteiger partial charge in [-0.1, -0.05) is 72.3 Å². The number of aryl methyl sites for hydroxylation is 2. The lowest BCUT2D eigenvalue weighted by molar-refractivity contribution is 0.0932. The average molecular weight is 545 g/mol. The SMILES string of the molecule is Cc1ccc(Cl)cc1N(Cc1ccc(C(=O)N[C@H]2CCCc3ccccc32)cc1)S(=O)(=O)c1ccccc1. The molecular weight excluding hydrogens is 516 g/mol. The molecule has 0 saturated heterocycles. The highest BCUT2D eigenvalue weighted by atomic mass is 35.5. The standard InChI is InChI=1S/C31H29ClN2O3S/c1-22-14-19-26(32)20-30(22)34(38(36,37)27-10-3-2-4-11-27)21-23-15-17-25(18-16-23)31(35)33-29-13-7-9-24-8-5-6-12-28(24)29/h2-6,8,10-12,14-20,29H,7,9,13,21H2,1H3,(H,33,35)/t29-/m0/s1. The van der Waals surface area contributed by atoms with E-state index in [1.54, 1.807) is 66.7 Å². The van der Waals surface area contributed by atoms with Gasteiger partial charge in [-0.25, -0.2) is 8.42 Å². The van der Waals surface area contributed by atoms with Crippen molar-refractivity contribution in [2.45, 2.75) is 43.7 Å². The Morgan fingerprint density at radius 2 is 1.66 bits per heavy atom. The Balaban J connectivity index is 1.39. The molecule has 1 N–H and O–H groups in total. The summed E-state index contributed by atoms with van der Waals surface area (Å²) < 4.78 is 28.8. The average Bonchev–Trinajstić information content (AvgIpc) is 2.94. The molecule has 1 atom stereocenters. The van der Waals surface area contributed by atoms with Crippen LogP contribution in [-0.2, 0) is 23.0 Å². The van der Waals surface area contributed by atoms with E-state index in [-0.39, 0.29) is 23.4 Å². The maximum absolute atomic E-state index is 13.7. The first-order valence-corrected chi connectivity index (χ1v) is 14.5. The van der Waals surface area contributed by atoms with Gasteiger partial charge in [-0.2, -0.15) is 0 Å². The lowest BCUT2D eigenvalue weighted by Crippen LogP contribution is -2.32. The van der Waals surface area contributed by atoms with Crippen molar-refractivity contribution in [2.24, 2.45) is 0 Å². The van der Waals surface area contributed by atoms with Crippen LogP contribution in [0.5, 0.6) is 0 Å². The monoisotopic (exact) mass is 544 g/mol. The van der Waals surface area contributed by atoms with Crippen molar-refractivity contribution < 1.29 is 13.2 Å². The third kappa shape index (κ3) is 5.47. The fraction of sp³-hybridized carbons (Fsp3) is 0.194. The zero-order chi connectivity index (χ0) is 26.7. The molecule has 0 radical (unpaired) electrons. The van der Waals surface area contributed by atoms with Gasteiger partial charge in [0.25, 0.3) is 15.9 Å². The smallest absolute Gasteiger partial charge is 0.264 e. The first-order chi connectivity index (χ1) is 18.3. The fourth-order valence-electron chi connectivity index (χ4n) is 4.94. The van der Waals surface area contributed by atoms with Gasteiger partial charge in [0, 0.05) is 10.6 Å². The molecule has 4 aromatic rings. The number of hydrogen-bond donors (Lipinski definition) is 1. The predicted octanol–water partition coefficient (Wildman–Crippen LogP) is 6.85.